The molecule has 1 aromatic heterocycles. The van der Waals surface area contributed by atoms with Crippen molar-refractivity contribution < 1.29 is 0 Å². The number of likely N-dealkylation sites (N-methyl/N-ethyl adjacent to an activating group) is 1. The van der Waals surface area contributed by atoms with E-state index in [0.717, 1.165) is 24.5 Å². The molecule has 2 nitrogen and oxygen atoms in total. The van der Waals surface area contributed by atoms with Crippen molar-refractivity contribution in [2.45, 2.75) is 13.3 Å². The molecular formula is C18H19ClN2. The quantitative estimate of drug-likeness (QED) is 0.660. The lowest BCUT2D eigenvalue weighted by Crippen LogP contribution is -2.16. The first kappa shape index (κ1) is 14.2. The summed E-state index contributed by atoms with van der Waals surface area (Å²) in [5.41, 5.74) is 4.94. The molecule has 1 heterocycles. The number of hydrogen-bond donors (Lipinski definition) is 2. The molecule has 0 saturated heterocycles. The van der Waals surface area contributed by atoms with Gasteiger partial charge in [0.1, 0.15) is 0 Å². The summed E-state index contributed by atoms with van der Waals surface area (Å²) in [6.07, 6.45) is 1.01. The van der Waals surface area contributed by atoms with Crippen molar-refractivity contribution in [3.63, 3.8) is 0 Å². The number of rotatable bonds is 5. The highest BCUT2D eigenvalue weighted by Gasteiger charge is 2.12. The van der Waals surface area contributed by atoms with Gasteiger partial charge in [-0.15, -0.1) is 0 Å². The van der Waals surface area contributed by atoms with Crippen LogP contribution in [0.1, 0.15) is 12.5 Å². The van der Waals surface area contributed by atoms with Gasteiger partial charge in [0, 0.05) is 21.6 Å². The maximum absolute atomic E-state index is 6.00. The number of H-pyrrole nitrogens is 1. The second kappa shape index (κ2) is 6.33. The first-order valence-corrected chi connectivity index (χ1v) is 7.73. The third-order valence-electron chi connectivity index (χ3n) is 3.75. The zero-order valence-electron chi connectivity index (χ0n) is 12.1. The third-order valence-corrected chi connectivity index (χ3v) is 4.00. The molecule has 2 aromatic carbocycles. The fourth-order valence-electron chi connectivity index (χ4n) is 2.71. The molecule has 3 aromatic rings. The minimum atomic E-state index is 0.768. The van der Waals surface area contributed by atoms with Crippen LogP contribution in [0, 0.1) is 0 Å². The molecule has 0 aliphatic heterocycles. The second-order valence-corrected chi connectivity index (χ2v) is 5.57. The van der Waals surface area contributed by atoms with Gasteiger partial charge >= 0.3 is 0 Å². The minimum absolute atomic E-state index is 0.768. The van der Waals surface area contributed by atoms with Crippen molar-refractivity contribution in [1.29, 1.82) is 0 Å². The lowest BCUT2D eigenvalue weighted by molar-refractivity contribution is 0.719. The number of para-hydroxylation sites is 1. The van der Waals surface area contributed by atoms with Crippen molar-refractivity contribution in [1.82, 2.24) is 10.3 Å². The van der Waals surface area contributed by atoms with Crippen LogP contribution >= 0.6 is 11.6 Å². The number of aromatic amines is 1. The van der Waals surface area contributed by atoms with Gasteiger partial charge in [0.15, 0.2) is 0 Å². The fraction of sp³-hybridized carbons (Fsp3) is 0.222. The molecule has 0 spiro atoms. The van der Waals surface area contributed by atoms with Gasteiger partial charge in [-0.3, -0.25) is 0 Å². The Balaban J connectivity index is 2.07. The highest BCUT2D eigenvalue weighted by molar-refractivity contribution is 6.30. The van der Waals surface area contributed by atoms with E-state index in [-0.39, 0.29) is 0 Å². The number of aromatic nitrogens is 1. The van der Waals surface area contributed by atoms with Gasteiger partial charge < -0.3 is 10.3 Å². The Morgan fingerprint density at radius 2 is 1.81 bits per heavy atom. The van der Waals surface area contributed by atoms with E-state index in [2.05, 4.69) is 53.6 Å². The number of hydrogen-bond acceptors (Lipinski definition) is 1. The monoisotopic (exact) mass is 298 g/mol. The van der Waals surface area contributed by atoms with E-state index < -0.39 is 0 Å². The Hall–Kier alpha value is -1.77. The molecule has 108 valence electrons. The summed E-state index contributed by atoms with van der Waals surface area (Å²) in [6, 6.07) is 16.5. The zero-order chi connectivity index (χ0) is 14.7. The Labute approximate surface area is 130 Å². The maximum atomic E-state index is 6.00. The standard InChI is InChI=1S/C18H19ClN2/c1-2-20-12-11-16-15-5-3-4-6-17(15)21-18(16)13-7-9-14(19)10-8-13/h3-10,20-21H,2,11-12H2,1H3. The Kier molecular flexibility index (Phi) is 4.28. The molecule has 0 atom stereocenters. The number of nitrogens with one attached hydrogen (secondary N) is 2. The Morgan fingerprint density at radius 3 is 2.57 bits per heavy atom. The Bertz CT molecular complexity index is 729. The van der Waals surface area contributed by atoms with Crippen LogP contribution in [0.3, 0.4) is 0 Å². The second-order valence-electron chi connectivity index (χ2n) is 5.13. The van der Waals surface area contributed by atoms with Gasteiger partial charge in [-0.2, -0.15) is 0 Å². The van der Waals surface area contributed by atoms with Crippen LogP contribution < -0.4 is 5.32 Å². The van der Waals surface area contributed by atoms with Gasteiger partial charge in [-0.25, -0.2) is 0 Å². The van der Waals surface area contributed by atoms with E-state index in [9.17, 15) is 0 Å². The predicted octanol–water partition coefficient (Wildman–Crippen LogP) is 4.64. The molecule has 3 heteroatoms. The van der Waals surface area contributed by atoms with Crippen LogP contribution in [-0.4, -0.2) is 18.1 Å². The number of fused-ring (bicyclic) bond motifs is 1. The largest absolute Gasteiger partial charge is 0.354 e. The summed E-state index contributed by atoms with van der Waals surface area (Å²) in [6.45, 7) is 4.12. The number of benzene rings is 2. The van der Waals surface area contributed by atoms with Gasteiger partial charge in [0.2, 0.25) is 0 Å². The summed E-state index contributed by atoms with van der Waals surface area (Å²) >= 11 is 6.00. The van der Waals surface area contributed by atoms with E-state index in [1.165, 1.54) is 27.7 Å². The van der Waals surface area contributed by atoms with Crippen LogP contribution in [0.2, 0.25) is 5.02 Å². The lowest BCUT2D eigenvalue weighted by atomic mass is 10.0. The van der Waals surface area contributed by atoms with Gasteiger partial charge in [0.25, 0.3) is 0 Å². The van der Waals surface area contributed by atoms with E-state index in [0.29, 0.717) is 0 Å². The molecule has 0 aliphatic rings. The van der Waals surface area contributed by atoms with Crippen molar-refractivity contribution in [2.75, 3.05) is 13.1 Å². The molecule has 0 fully saturated rings. The van der Waals surface area contributed by atoms with Crippen molar-refractivity contribution in [3.05, 3.63) is 59.1 Å². The van der Waals surface area contributed by atoms with E-state index in [4.69, 9.17) is 11.6 Å². The molecule has 2 N–H and O–H groups in total. The maximum Gasteiger partial charge on any atom is 0.0497 e. The minimum Gasteiger partial charge on any atom is -0.354 e. The summed E-state index contributed by atoms with van der Waals surface area (Å²) in [5.74, 6) is 0. The van der Waals surface area contributed by atoms with Gasteiger partial charge in [0.05, 0.1) is 0 Å². The third kappa shape index (κ3) is 2.97. The average molecular weight is 299 g/mol. The van der Waals surface area contributed by atoms with Crippen molar-refractivity contribution in [3.8, 4) is 11.3 Å². The van der Waals surface area contributed by atoms with Crippen LogP contribution in [0.5, 0.6) is 0 Å². The molecule has 0 unspecified atom stereocenters. The highest BCUT2D eigenvalue weighted by atomic mass is 35.5. The van der Waals surface area contributed by atoms with Crippen LogP contribution in [-0.2, 0) is 6.42 Å². The normalized spacial score (nSPS) is 11.1. The molecular weight excluding hydrogens is 280 g/mol. The summed E-state index contributed by atoms with van der Waals surface area (Å²) in [4.78, 5) is 3.56. The smallest absolute Gasteiger partial charge is 0.0497 e. The predicted molar refractivity (Wildman–Crippen MR) is 91.0 cm³/mol. The van der Waals surface area contributed by atoms with Crippen LogP contribution in [0.25, 0.3) is 22.2 Å². The average Bonchev–Trinajstić information content (AvgIpc) is 2.87. The van der Waals surface area contributed by atoms with E-state index >= 15 is 0 Å². The molecule has 21 heavy (non-hydrogen) atoms. The van der Waals surface area contributed by atoms with Crippen molar-refractivity contribution >= 4 is 22.5 Å². The summed E-state index contributed by atoms with van der Waals surface area (Å²) < 4.78 is 0. The molecule has 0 aliphatic carbocycles. The molecule has 0 radical (unpaired) electrons. The molecule has 0 bridgehead atoms. The van der Waals surface area contributed by atoms with Crippen molar-refractivity contribution in [2.24, 2.45) is 0 Å². The lowest BCUT2D eigenvalue weighted by Gasteiger charge is -2.06. The first-order chi connectivity index (χ1) is 10.3. The molecule has 3 rings (SSSR count). The Morgan fingerprint density at radius 1 is 1.05 bits per heavy atom. The number of halogens is 1. The highest BCUT2D eigenvalue weighted by Crippen LogP contribution is 2.31. The topological polar surface area (TPSA) is 27.8 Å². The van der Waals surface area contributed by atoms with E-state index in [1.807, 2.05) is 12.1 Å². The zero-order valence-corrected chi connectivity index (χ0v) is 12.9. The van der Waals surface area contributed by atoms with E-state index in [1.54, 1.807) is 0 Å². The molecule has 0 amide bonds. The fourth-order valence-corrected chi connectivity index (χ4v) is 2.84. The van der Waals surface area contributed by atoms with Gasteiger partial charge in [-0.1, -0.05) is 48.9 Å². The van der Waals surface area contributed by atoms with Crippen LogP contribution in [0.4, 0.5) is 0 Å². The molecule has 0 saturated carbocycles. The van der Waals surface area contributed by atoms with Crippen LogP contribution in [0.15, 0.2) is 48.5 Å². The summed E-state index contributed by atoms with van der Waals surface area (Å²) in [7, 11) is 0. The van der Waals surface area contributed by atoms with Gasteiger partial charge in [-0.05, 0) is 48.8 Å². The first-order valence-electron chi connectivity index (χ1n) is 7.36. The SMILES string of the molecule is CCNCCc1c(-c2ccc(Cl)cc2)[nH]c2ccccc12. The summed E-state index contributed by atoms with van der Waals surface area (Å²) in [5, 5.41) is 5.48.